The number of allylic oxidation sites excluding steroid dienone is 9. The van der Waals surface area contributed by atoms with Crippen LogP contribution in [-0.4, -0.2) is 90.4 Å². The molecule has 0 spiro atoms. The van der Waals surface area contributed by atoms with E-state index in [4.69, 9.17) is 21.4 Å². The van der Waals surface area contributed by atoms with Crippen LogP contribution in [0.4, 0.5) is 0 Å². The molecule has 1 saturated carbocycles. The third-order valence-corrected chi connectivity index (χ3v) is 7.58. The van der Waals surface area contributed by atoms with Crippen molar-refractivity contribution in [1.29, 1.82) is 0 Å². The van der Waals surface area contributed by atoms with Gasteiger partial charge in [-0.15, -0.1) is 0 Å². The van der Waals surface area contributed by atoms with E-state index in [9.17, 15) is 40.2 Å². The van der Waals surface area contributed by atoms with Gasteiger partial charge in [-0.2, -0.15) is 0 Å². The Labute approximate surface area is 258 Å². The number of carbonyl (C=O) groups is 2. The number of hydrogen-bond acceptors (Lipinski definition) is 9. The highest BCUT2D eigenvalue weighted by Crippen LogP contribution is 2.27. The average Bonchev–Trinajstić information content (AvgIpc) is 2.95. The molecule has 1 aliphatic carbocycles. The minimum atomic E-state index is -1.56. The van der Waals surface area contributed by atoms with Gasteiger partial charge in [0.15, 0.2) is 0 Å². The zero-order chi connectivity index (χ0) is 32.5. The van der Waals surface area contributed by atoms with Crippen molar-refractivity contribution < 1.29 is 50.1 Å². The smallest absolute Gasteiger partial charge is 0.331 e. The topological polar surface area (TPSA) is 185 Å². The van der Waals surface area contributed by atoms with Gasteiger partial charge in [-0.3, -0.25) is 4.79 Å². The average molecular weight is 627 g/mol. The first-order chi connectivity index (χ1) is 20.3. The Hall–Kier alpha value is -2.57. The van der Waals surface area contributed by atoms with E-state index >= 15 is 0 Å². The van der Waals surface area contributed by atoms with Gasteiger partial charge in [0.1, 0.15) is 12.2 Å². The minimum absolute atomic E-state index is 0.00963. The minimum Gasteiger partial charge on any atom is -0.481 e. The molecule has 9 unspecified atom stereocenters. The van der Waals surface area contributed by atoms with E-state index in [1.54, 1.807) is 49.5 Å². The van der Waals surface area contributed by atoms with E-state index in [1.165, 1.54) is 18.2 Å². The SMILES string of the molecule is CC/C=C/C(O)CC(O)CC(O)C(O)C(O)C(C)/C(Cl)=C/C=C/C=C(C)/C=C/C=C/C(=O)OC1CC(C(=O)O)CCC1O. The molecule has 1 aliphatic rings. The summed E-state index contributed by atoms with van der Waals surface area (Å²) in [5, 5.41) is 70.4. The summed E-state index contributed by atoms with van der Waals surface area (Å²) in [5.74, 6) is -3.01. The number of carbonyl (C=O) groups excluding carboxylic acids is 1. The van der Waals surface area contributed by atoms with Gasteiger partial charge in [0.2, 0.25) is 0 Å². The largest absolute Gasteiger partial charge is 0.481 e. The van der Waals surface area contributed by atoms with Crippen LogP contribution in [0.5, 0.6) is 0 Å². The normalized spacial score (nSPS) is 24.8. The summed E-state index contributed by atoms with van der Waals surface area (Å²) in [4.78, 5) is 23.2. The highest BCUT2D eigenvalue weighted by Gasteiger charge is 2.35. The summed E-state index contributed by atoms with van der Waals surface area (Å²) in [5.41, 5.74) is 0.825. The van der Waals surface area contributed by atoms with Crippen molar-refractivity contribution in [2.24, 2.45) is 11.8 Å². The lowest BCUT2D eigenvalue weighted by Crippen LogP contribution is -2.42. The van der Waals surface area contributed by atoms with Crippen LogP contribution < -0.4 is 0 Å². The lowest BCUT2D eigenvalue weighted by atomic mass is 9.85. The van der Waals surface area contributed by atoms with Crippen molar-refractivity contribution in [3.8, 4) is 0 Å². The first-order valence-corrected chi connectivity index (χ1v) is 14.9. The molecular weight excluding hydrogens is 580 g/mol. The van der Waals surface area contributed by atoms with Crippen LogP contribution in [0.2, 0.25) is 0 Å². The number of halogens is 1. The van der Waals surface area contributed by atoms with E-state index in [2.05, 4.69) is 0 Å². The Morgan fingerprint density at radius 2 is 1.60 bits per heavy atom. The number of aliphatic carboxylic acids is 1. The third-order valence-electron chi connectivity index (χ3n) is 7.11. The first-order valence-electron chi connectivity index (χ1n) is 14.5. The number of esters is 1. The van der Waals surface area contributed by atoms with Crippen LogP contribution in [0.15, 0.2) is 71.4 Å². The molecule has 0 aromatic heterocycles. The second-order valence-electron chi connectivity index (χ2n) is 10.8. The maximum absolute atomic E-state index is 12.0. The molecule has 0 bridgehead atoms. The summed E-state index contributed by atoms with van der Waals surface area (Å²) in [6.45, 7) is 5.32. The third kappa shape index (κ3) is 15.1. The summed E-state index contributed by atoms with van der Waals surface area (Å²) in [7, 11) is 0. The molecule has 11 heteroatoms. The Bertz CT molecular complexity index is 1050. The molecule has 0 amide bonds. The number of rotatable bonds is 17. The summed E-state index contributed by atoms with van der Waals surface area (Å²) in [6, 6.07) is 0. The molecule has 0 aliphatic heterocycles. The van der Waals surface area contributed by atoms with Crippen LogP contribution in [0.1, 0.15) is 59.3 Å². The zero-order valence-corrected chi connectivity index (χ0v) is 25.7. The number of aliphatic hydroxyl groups excluding tert-OH is 6. The fourth-order valence-corrected chi connectivity index (χ4v) is 4.61. The summed E-state index contributed by atoms with van der Waals surface area (Å²) in [6.07, 6.45) is 9.05. The zero-order valence-electron chi connectivity index (χ0n) is 24.9. The molecule has 43 heavy (non-hydrogen) atoms. The Balaban J connectivity index is 2.56. The molecule has 0 heterocycles. The number of aliphatic hydroxyl groups is 6. The van der Waals surface area contributed by atoms with Gasteiger partial charge in [-0.05, 0) is 32.3 Å². The Kier molecular flexibility index (Phi) is 18.2. The number of hydrogen-bond donors (Lipinski definition) is 7. The molecule has 10 nitrogen and oxygen atoms in total. The van der Waals surface area contributed by atoms with Crippen LogP contribution >= 0.6 is 11.6 Å². The van der Waals surface area contributed by atoms with Gasteiger partial charge >= 0.3 is 11.9 Å². The van der Waals surface area contributed by atoms with Crippen LogP contribution in [-0.2, 0) is 14.3 Å². The van der Waals surface area contributed by atoms with Crippen LogP contribution in [0, 0.1) is 11.8 Å². The molecule has 242 valence electrons. The first kappa shape index (κ1) is 38.5. The van der Waals surface area contributed by atoms with E-state index in [-0.39, 0.29) is 30.7 Å². The standard InChI is InChI=1S/C32H47ClO10/c1-4-5-12-23(34)18-24(35)19-27(37)31(40)30(39)21(3)25(33)13-8-6-10-20(2)11-7-9-14-29(38)43-28-17-22(32(41)42)15-16-26(28)36/h5-14,21-24,26-28,30-31,34-37,39-40H,4,15-19H2,1-3H3,(H,41,42)/b8-6+,11-7+,12-5+,14-9+,20-10+,25-13-. The van der Waals surface area contributed by atoms with Crippen molar-refractivity contribution in [3.63, 3.8) is 0 Å². The van der Waals surface area contributed by atoms with E-state index in [0.29, 0.717) is 6.42 Å². The number of ether oxygens (including phenoxy) is 1. The summed E-state index contributed by atoms with van der Waals surface area (Å²) >= 11 is 6.28. The predicted molar refractivity (Wildman–Crippen MR) is 164 cm³/mol. The lowest BCUT2D eigenvalue weighted by Gasteiger charge is -2.30. The van der Waals surface area contributed by atoms with Crippen molar-refractivity contribution >= 4 is 23.5 Å². The van der Waals surface area contributed by atoms with Gasteiger partial charge in [-0.25, -0.2) is 4.79 Å². The van der Waals surface area contributed by atoms with E-state index in [0.717, 1.165) is 12.0 Å². The molecule has 0 radical (unpaired) electrons. The molecule has 0 saturated heterocycles. The molecule has 1 rings (SSSR count). The van der Waals surface area contributed by atoms with Gasteiger partial charge in [0.25, 0.3) is 0 Å². The Morgan fingerprint density at radius 1 is 0.953 bits per heavy atom. The quantitative estimate of drug-likeness (QED) is 0.0548. The van der Waals surface area contributed by atoms with Gasteiger partial charge < -0.3 is 40.5 Å². The maximum Gasteiger partial charge on any atom is 0.331 e. The Morgan fingerprint density at radius 3 is 2.26 bits per heavy atom. The lowest BCUT2D eigenvalue weighted by molar-refractivity contribution is -0.159. The molecule has 7 N–H and O–H groups in total. The van der Waals surface area contributed by atoms with Crippen molar-refractivity contribution in [2.45, 2.75) is 102 Å². The maximum atomic E-state index is 12.0. The van der Waals surface area contributed by atoms with E-state index < -0.39 is 66.5 Å². The van der Waals surface area contributed by atoms with E-state index in [1.807, 2.05) is 13.8 Å². The van der Waals surface area contributed by atoms with Crippen molar-refractivity contribution in [2.75, 3.05) is 0 Å². The van der Waals surface area contributed by atoms with Gasteiger partial charge in [0.05, 0.1) is 36.4 Å². The highest BCUT2D eigenvalue weighted by molar-refractivity contribution is 6.30. The van der Waals surface area contributed by atoms with Crippen molar-refractivity contribution in [1.82, 2.24) is 0 Å². The second-order valence-corrected chi connectivity index (χ2v) is 11.3. The number of carboxylic acids is 1. The second kappa shape index (κ2) is 20.4. The molecule has 0 aromatic rings. The number of carboxylic acid groups (broad SMARTS) is 1. The molecule has 1 fully saturated rings. The van der Waals surface area contributed by atoms with Crippen molar-refractivity contribution in [3.05, 3.63) is 71.4 Å². The molecule has 9 atom stereocenters. The van der Waals surface area contributed by atoms with Crippen LogP contribution in [0.3, 0.4) is 0 Å². The highest BCUT2D eigenvalue weighted by atomic mass is 35.5. The molecule has 0 aromatic carbocycles. The fourth-order valence-electron chi connectivity index (χ4n) is 4.41. The monoisotopic (exact) mass is 626 g/mol. The summed E-state index contributed by atoms with van der Waals surface area (Å²) < 4.78 is 5.21. The fraction of sp³-hybridized carbons (Fsp3) is 0.562. The van der Waals surface area contributed by atoms with Gasteiger partial charge in [-0.1, -0.05) is 79.6 Å². The van der Waals surface area contributed by atoms with Gasteiger partial charge in [0, 0.05) is 36.3 Å². The van der Waals surface area contributed by atoms with Crippen LogP contribution in [0.25, 0.3) is 0 Å². The molecular formula is C32H47ClO10. The predicted octanol–water partition coefficient (Wildman–Crippen LogP) is 3.07.